The van der Waals surface area contributed by atoms with E-state index in [9.17, 15) is 9.59 Å². The van der Waals surface area contributed by atoms with E-state index in [0.29, 0.717) is 11.4 Å². The molecule has 0 aromatic heterocycles. The van der Waals surface area contributed by atoms with E-state index in [1.165, 1.54) is 0 Å². The Labute approximate surface area is 163 Å². The van der Waals surface area contributed by atoms with Crippen molar-refractivity contribution in [1.82, 2.24) is 4.90 Å². The molecule has 1 aliphatic rings. The van der Waals surface area contributed by atoms with Crippen LogP contribution >= 0.6 is 0 Å². The molecular formula is C22H34N2O3. The van der Waals surface area contributed by atoms with Gasteiger partial charge in [-0.25, -0.2) is 0 Å². The minimum absolute atomic E-state index is 0.0278. The fourth-order valence-corrected chi connectivity index (χ4v) is 3.58. The van der Waals surface area contributed by atoms with Crippen LogP contribution in [0.1, 0.15) is 59.3 Å². The minimum Gasteiger partial charge on any atom is -0.489 e. The summed E-state index contributed by atoms with van der Waals surface area (Å²) in [6, 6.07) is 7.54. The summed E-state index contributed by atoms with van der Waals surface area (Å²) in [5.74, 6) is 0.981. The maximum absolute atomic E-state index is 12.7. The van der Waals surface area contributed by atoms with Gasteiger partial charge in [0.05, 0.1) is 11.8 Å². The number of para-hydroxylation sites is 2. The molecule has 0 atom stereocenters. The molecule has 0 unspecified atom stereocenters. The number of hydrogen-bond acceptors (Lipinski definition) is 3. The maximum Gasteiger partial charge on any atom is 0.227 e. The van der Waals surface area contributed by atoms with Crippen LogP contribution in [0.15, 0.2) is 24.3 Å². The second-order valence-corrected chi connectivity index (χ2v) is 7.81. The second-order valence-electron chi connectivity index (χ2n) is 7.81. The van der Waals surface area contributed by atoms with Gasteiger partial charge in [0.15, 0.2) is 0 Å². The van der Waals surface area contributed by atoms with Crippen LogP contribution in [0.3, 0.4) is 0 Å². The SMILES string of the molecule is CCCCN(C)C(=O)C1CCC(C(=O)Nc2ccccc2OC(C)C)CC1. The summed E-state index contributed by atoms with van der Waals surface area (Å²) in [4.78, 5) is 27.1. The number of ether oxygens (including phenoxy) is 1. The van der Waals surface area contributed by atoms with Gasteiger partial charge in [0, 0.05) is 25.4 Å². The van der Waals surface area contributed by atoms with Gasteiger partial charge in [0.2, 0.25) is 11.8 Å². The van der Waals surface area contributed by atoms with E-state index in [-0.39, 0.29) is 29.8 Å². The monoisotopic (exact) mass is 374 g/mol. The molecule has 0 spiro atoms. The first-order chi connectivity index (χ1) is 12.9. The van der Waals surface area contributed by atoms with E-state index in [4.69, 9.17) is 4.74 Å². The van der Waals surface area contributed by atoms with Crippen LogP contribution in [-0.2, 0) is 9.59 Å². The zero-order valence-electron chi connectivity index (χ0n) is 17.2. The number of anilines is 1. The summed E-state index contributed by atoms with van der Waals surface area (Å²) < 4.78 is 5.78. The number of amides is 2. The number of unbranched alkanes of at least 4 members (excludes halogenated alkanes) is 1. The third kappa shape index (κ3) is 6.26. The molecule has 0 heterocycles. The van der Waals surface area contributed by atoms with Crippen molar-refractivity contribution in [3.8, 4) is 5.75 Å². The Morgan fingerprint density at radius 2 is 1.78 bits per heavy atom. The number of hydrogen-bond donors (Lipinski definition) is 1. The van der Waals surface area contributed by atoms with E-state index in [0.717, 1.165) is 45.1 Å². The Bertz CT molecular complexity index is 622. The molecule has 0 radical (unpaired) electrons. The van der Waals surface area contributed by atoms with Gasteiger partial charge >= 0.3 is 0 Å². The molecule has 0 saturated heterocycles. The predicted octanol–water partition coefficient (Wildman–Crippen LogP) is 4.48. The van der Waals surface area contributed by atoms with Crippen LogP contribution in [-0.4, -0.2) is 36.4 Å². The molecule has 1 fully saturated rings. The van der Waals surface area contributed by atoms with Gasteiger partial charge in [0.1, 0.15) is 5.75 Å². The lowest BCUT2D eigenvalue weighted by Gasteiger charge is -2.30. The highest BCUT2D eigenvalue weighted by molar-refractivity contribution is 5.94. The quantitative estimate of drug-likeness (QED) is 0.730. The molecule has 5 nitrogen and oxygen atoms in total. The van der Waals surface area contributed by atoms with Gasteiger partial charge in [-0.3, -0.25) is 9.59 Å². The molecule has 5 heteroatoms. The molecular weight excluding hydrogens is 340 g/mol. The summed E-state index contributed by atoms with van der Waals surface area (Å²) in [5.41, 5.74) is 0.716. The third-order valence-corrected chi connectivity index (χ3v) is 5.18. The summed E-state index contributed by atoms with van der Waals surface area (Å²) in [7, 11) is 1.89. The van der Waals surface area contributed by atoms with Gasteiger partial charge in [-0.2, -0.15) is 0 Å². The van der Waals surface area contributed by atoms with Crippen LogP contribution < -0.4 is 10.1 Å². The smallest absolute Gasteiger partial charge is 0.227 e. The predicted molar refractivity (Wildman–Crippen MR) is 109 cm³/mol. The maximum atomic E-state index is 12.7. The first-order valence-corrected chi connectivity index (χ1v) is 10.2. The van der Waals surface area contributed by atoms with Crippen LogP contribution in [0.25, 0.3) is 0 Å². The van der Waals surface area contributed by atoms with Crippen molar-refractivity contribution in [2.24, 2.45) is 11.8 Å². The Kier molecular flexibility index (Phi) is 8.14. The summed E-state index contributed by atoms with van der Waals surface area (Å²) in [6.07, 6.45) is 5.28. The van der Waals surface area contributed by atoms with Crippen molar-refractivity contribution in [3.05, 3.63) is 24.3 Å². The van der Waals surface area contributed by atoms with Crippen LogP contribution in [0, 0.1) is 11.8 Å². The molecule has 2 amide bonds. The number of carbonyl (C=O) groups excluding carboxylic acids is 2. The molecule has 1 aromatic carbocycles. The van der Waals surface area contributed by atoms with Crippen molar-refractivity contribution < 1.29 is 14.3 Å². The normalized spacial score (nSPS) is 19.6. The van der Waals surface area contributed by atoms with Gasteiger partial charge in [-0.05, 0) is 58.1 Å². The minimum atomic E-state index is -0.0397. The zero-order chi connectivity index (χ0) is 19.8. The number of carbonyl (C=O) groups is 2. The Morgan fingerprint density at radius 1 is 1.15 bits per heavy atom. The molecule has 150 valence electrons. The molecule has 2 rings (SSSR count). The third-order valence-electron chi connectivity index (χ3n) is 5.18. The van der Waals surface area contributed by atoms with Gasteiger partial charge in [0.25, 0.3) is 0 Å². The van der Waals surface area contributed by atoms with Gasteiger partial charge in [-0.1, -0.05) is 25.5 Å². The molecule has 1 aliphatic carbocycles. The van der Waals surface area contributed by atoms with E-state index in [1.54, 1.807) is 0 Å². The van der Waals surface area contributed by atoms with Crippen molar-refractivity contribution in [2.45, 2.75) is 65.4 Å². The Morgan fingerprint density at radius 3 is 2.41 bits per heavy atom. The second kappa shape index (κ2) is 10.3. The summed E-state index contributed by atoms with van der Waals surface area (Å²) >= 11 is 0. The summed E-state index contributed by atoms with van der Waals surface area (Å²) in [5, 5.41) is 3.02. The van der Waals surface area contributed by atoms with Crippen LogP contribution in [0.5, 0.6) is 5.75 Å². The molecule has 27 heavy (non-hydrogen) atoms. The van der Waals surface area contributed by atoms with Crippen molar-refractivity contribution in [1.29, 1.82) is 0 Å². The Hall–Kier alpha value is -2.04. The van der Waals surface area contributed by atoms with E-state index in [2.05, 4.69) is 12.2 Å². The van der Waals surface area contributed by atoms with Crippen molar-refractivity contribution in [3.63, 3.8) is 0 Å². The van der Waals surface area contributed by atoms with Crippen LogP contribution in [0.4, 0.5) is 5.69 Å². The van der Waals surface area contributed by atoms with Crippen LogP contribution in [0.2, 0.25) is 0 Å². The highest BCUT2D eigenvalue weighted by Gasteiger charge is 2.31. The first kappa shape index (κ1) is 21.3. The van der Waals surface area contributed by atoms with E-state index < -0.39 is 0 Å². The topological polar surface area (TPSA) is 58.6 Å². The molecule has 0 bridgehead atoms. The highest BCUT2D eigenvalue weighted by atomic mass is 16.5. The lowest BCUT2D eigenvalue weighted by atomic mass is 9.81. The zero-order valence-corrected chi connectivity index (χ0v) is 17.2. The highest BCUT2D eigenvalue weighted by Crippen LogP contribution is 2.32. The standard InChI is InChI=1S/C22H34N2O3/c1-5-6-15-24(4)22(26)18-13-11-17(12-14-18)21(25)23-19-9-7-8-10-20(19)27-16(2)3/h7-10,16-18H,5-6,11-15H2,1-4H3,(H,23,25). The fourth-order valence-electron chi connectivity index (χ4n) is 3.58. The number of benzene rings is 1. The summed E-state index contributed by atoms with van der Waals surface area (Å²) in [6.45, 7) is 6.89. The average molecular weight is 375 g/mol. The Balaban J connectivity index is 1.87. The molecule has 1 saturated carbocycles. The van der Waals surface area contributed by atoms with Crippen molar-refractivity contribution in [2.75, 3.05) is 18.9 Å². The molecule has 0 aliphatic heterocycles. The number of nitrogens with one attached hydrogen (secondary N) is 1. The largest absolute Gasteiger partial charge is 0.489 e. The van der Waals surface area contributed by atoms with E-state index in [1.807, 2.05) is 50.1 Å². The lowest BCUT2D eigenvalue weighted by molar-refractivity contribution is -0.136. The van der Waals surface area contributed by atoms with Gasteiger partial charge in [-0.15, -0.1) is 0 Å². The number of nitrogens with zero attached hydrogens (tertiary/aromatic N) is 1. The van der Waals surface area contributed by atoms with Gasteiger partial charge < -0.3 is 15.0 Å². The number of rotatable bonds is 8. The molecule has 1 aromatic rings. The lowest BCUT2D eigenvalue weighted by Crippen LogP contribution is -2.37. The van der Waals surface area contributed by atoms with E-state index >= 15 is 0 Å². The molecule has 1 N–H and O–H groups in total. The first-order valence-electron chi connectivity index (χ1n) is 10.2. The average Bonchev–Trinajstić information content (AvgIpc) is 2.66. The fraction of sp³-hybridized carbons (Fsp3) is 0.636. The van der Waals surface area contributed by atoms with Crippen molar-refractivity contribution >= 4 is 17.5 Å².